The number of aliphatic carboxylic acids is 1. The zero-order chi connectivity index (χ0) is 12.6. The molecule has 0 rings (SSSR count). The van der Waals surface area contributed by atoms with Crippen LogP contribution in [0.25, 0.3) is 0 Å². The normalized spacial score (nSPS) is 11.6. The Kier molecular flexibility index (Phi) is 7.00. The predicted octanol–water partition coefficient (Wildman–Crippen LogP) is 1.31. The Hall–Kier alpha value is -1.52. The van der Waals surface area contributed by atoms with Gasteiger partial charge in [-0.15, -0.1) is 6.58 Å². The Morgan fingerprint density at radius 2 is 2.19 bits per heavy atom. The Balaban J connectivity index is 3.73. The van der Waals surface area contributed by atoms with E-state index in [-0.39, 0.29) is 18.4 Å². The monoisotopic (exact) mass is 228 g/mol. The van der Waals surface area contributed by atoms with Gasteiger partial charge in [0.05, 0.1) is 0 Å². The number of carbonyl (C=O) groups is 2. The van der Waals surface area contributed by atoms with Crippen LogP contribution in [0.3, 0.4) is 0 Å². The van der Waals surface area contributed by atoms with Gasteiger partial charge >= 0.3 is 12.0 Å². The average molecular weight is 228 g/mol. The second kappa shape index (κ2) is 7.73. The summed E-state index contributed by atoms with van der Waals surface area (Å²) in [6, 6.07) is -0.165. The molecule has 5 nitrogen and oxygen atoms in total. The molecule has 5 heteroatoms. The molecule has 2 N–H and O–H groups in total. The Bertz CT molecular complexity index is 254. The molecule has 0 heterocycles. The van der Waals surface area contributed by atoms with Crippen molar-refractivity contribution in [2.75, 3.05) is 20.1 Å². The van der Waals surface area contributed by atoms with E-state index in [2.05, 4.69) is 11.9 Å². The minimum Gasteiger partial charge on any atom is -0.481 e. The molecule has 1 atom stereocenters. The van der Waals surface area contributed by atoms with E-state index in [9.17, 15) is 9.59 Å². The predicted molar refractivity (Wildman–Crippen MR) is 62.3 cm³/mol. The van der Waals surface area contributed by atoms with Crippen LogP contribution in [0.15, 0.2) is 12.7 Å². The first-order chi connectivity index (χ1) is 7.47. The zero-order valence-corrected chi connectivity index (χ0v) is 9.90. The van der Waals surface area contributed by atoms with Gasteiger partial charge in [0.15, 0.2) is 0 Å². The van der Waals surface area contributed by atoms with Crippen molar-refractivity contribution in [3.05, 3.63) is 12.7 Å². The summed E-state index contributed by atoms with van der Waals surface area (Å²) in [5.74, 6) is -0.640. The minimum absolute atomic E-state index is 0.138. The van der Waals surface area contributed by atoms with Crippen LogP contribution in [0.4, 0.5) is 4.79 Å². The van der Waals surface area contributed by atoms with Gasteiger partial charge in [0, 0.05) is 26.6 Å². The Labute approximate surface area is 96.1 Å². The molecule has 16 heavy (non-hydrogen) atoms. The molecule has 0 bridgehead atoms. The molecular formula is C11H20N2O3. The molecule has 0 aliphatic rings. The van der Waals surface area contributed by atoms with E-state index in [1.165, 1.54) is 4.90 Å². The quantitative estimate of drug-likeness (QED) is 0.645. The van der Waals surface area contributed by atoms with Gasteiger partial charge in [-0.05, 0) is 12.3 Å². The average Bonchev–Trinajstić information content (AvgIpc) is 2.23. The number of urea groups is 1. The number of nitrogens with zero attached hydrogens (tertiary/aromatic N) is 1. The molecule has 0 spiro atoms. The number of hydrogen-bond donors (Lipinski definition) is 2. The first kappa shape index (κ1) is 14.5. The summed E-state index contributed by atoms with van der Waals surface area (Å²) in [5.41, 5.74) is 0. The van der Waals surface area contributed by atoms with Crippen LogP contribution in [0, 0.1) is 5.92 Å². The van der Waals surface area contributed by atoms with Crippen molar-refractivity contribution in [2.24, 2.45) is 5.92 Å². The van der Waals surface area contributed by atoms with Gasteiger partial charge in [0.2, 0.25) is 0 Å². The number of carboxylic acids is 1. The molecule has 0 saturated heterocycles. The molecule has 0 aromatic carbocycles. The highest BCUT2D eigenvalue weighted by Gasteiger charge is 2.09. The molecule has 0 aromatic heterocycles. The number of hydrogen-bond acceptors (Lipinski definition) is 2. The minimum atomic E-state index is -0.804. The van der Waals surface area contributed by atoms with E-state index in [4.69, 9.17) is 5.11 Å². The Morgan fingerprint density at radius 1 is 1.56 bits per heavy atom. The summed E-state index contributed by atoms with van der Waals surface area (Å²) in [7, 11) is 1.68. The molecule has 0 radical (unpaired) electrons. The highest BCUT2D eigenvalue weighted by Crippen LogP contribution is 2.03. The van der Waals surface area contributed by atoms with Gasteiger partial charge in [0.1, 0.15) is 0 Å². The van der Waals surface area contributed by atoms with Gasteiger partial charge in [-0.2, -0.15) is 0 Å². The van der Waals surface area contributed by atoms with Crippen LogP contribution in [-0.2, 0) is 4.79 Å². The molecule has 92 valence electrons. The maximum Gasteiger partial charge on any atom is 0.317 e. The van der Waals surface area contributed by atoms with Crippen molar-refractivity contribution in [3.63, 3.8) is 0 Å². The third kappa shape index (κ3) is 6.86. The molecule has 0 aromatic rings. The largest absolute Gasteiger partial charge is 0.481 e. The van der Waals surface area contributed by atoms with E-state index in [1.807, 2.05) is 6.92 Å². The lowest BCUT2D eigenvalue weighted by atomic mass is 10.1. The first-order valence-electron chi connectivity index (χ1n) is 5.29. The number of carbonyl (C=O) groups excluding carboxylic acids is 1. The number of carboxylic acid groups (broad SMARTS) is 1. The molecular weight excluding hydrogens is 208 g/mol. The SMILES string of the molecule is C=CCN(C)C(=O)NCC(C)CCC(=O)O. The van der Waals surface area contributed by atoms with Crippen molar-refractivity contribution >= 4 is 12.0 Å². The second-order valence-electron chi connectivity index (χ2n) is 3.89. The Morgan fingerprint density at radius 3 is 2.69 bits per heavy atom. The summed E-state index contributed by atoms with van der Waals surface area (Å²) in [5, 5.41) is 11.2. The second-order valence-corrected chi connectivity index (χ2v) is 3.89. The summed E-state index contributed by atoms with van der Waals surface area (Å²) in [6.45, 7) is 6.44. The summed E-state index contributed by atoms with van der Waals surface area (Å²) < 4.78 is 0. The number of nitrogens with one attached hydrogen (secondary N) is 1. The van der Waals surface area contributed by atoms with Crippen LogP contribution in [0.1, 0.15) is 19.8 Å². The van der Waals surface area contributed by atoms with Crippen LogP contribution < -0.4 is 5.32 Å². The maximum atomic E-state index is 11.4. The highest BCUT2D eigenvalue weighted by molar-refractivity contribution is 5.73. The van der Waals surface area contributed by atoms with Crippen LogP contribution >= 0.6 is 0 Å². The van der Waals surface area contributed by atoms with Crippen LogP contribution in [-0.4, -0.2) is 42.1 Å². The summed E-state index contributed by atoms with van der Waals surface area (Å²) in [4.78, 5) is 23.3. The number of amides is 2. The molecule has 1 unspecified atom stereocenters. The number of likely N-dealkylation sites (N-methyl/N-ethyl adjacent to an activating group) is 1. The zero-order valence-electron chi connectivity index (χ0n) is 9.90. The van der Waals surface area contributed by atoms with Crippen molar-refractivity contribution in [2.45, 2.75) is 19.8 Å². The van der Waals surface area contributed by atoms with E-state index < -0.39 is 5.97 Å². The summed E-state index contributed by atoms with van der Waals surface area (Å²) >= 11 is 0. The third-order valence-corrected chi connectivity index (χ3v) is 2.20. The van der Waals surface area contributed by atoms with Gasteiger partial charge in [-0.1, -0.05) is 13.0 Å². The molecule has 2 amide bonds. The lowest BCUT2D eigenvalue weighted by Gasteiger charge is -2.18. The van der Waals surface area contributed by atoms with Crippen molar-refractivity contribution in [3.8, 4) is 0 Å². The van der Waals surface area contributed by atoms with Gasteiger partial charge in [-0.3, -0.25) is 4.79 Å². The lowest BCUT2D eigenvalue weighted by molar-refractivity contribution is -0.137. The summed E-state index contributed by atoms with van der Waals surface area (Å²) in [6.07, 6.45) is 2.35. The van der Waals surface area contributed by atoms with Crippen molar-refractivity contribution < 1.29 is 14.7 Å². The van der Waals surface area contributed by atoms with Crippen LogP contribution in [0.5, 0.6) is 0 Å². The van der Waals surface area contributed by atoms with E-state index in [1.54, 1.807) is 13.1 Å². The van der Waals surface area contributed by atoms with Crippen molar-refractivity contribution in [1.29, 1.82) is 0 Å². The van der Waals surface area contributed by atoms with Gasteiger partial charge in [0.25, 0.3) is 0 Å². The first-order valence-corrected chi connectivity index (χ1v) is 5.29. The van der Waals surface area contributed by atoms with E-state index in [0.717, 1.165) is 0 Å². The fraction of sp³-hybridized carbons (Fsp3) is 0.636. The molecule has 0 aliphatic carbocycles. The topological polar surface area (TPSA) is 69.6 Å². The van der Waals surface area contributed by atoms with Crippen LogP contribution in [0.2, 0.25) is 0 Å². The third-order valence-electron chi connectivity index (χ3n) is 2.20. The molecule has 0 fully saturated rings. The standard InChI is InChI=1S/C11H20N2O3/c1-4-7-13(3)11(16)12-8-9(2)5-6-10(14)15/h4,9H,1,5-8H2,2-3H3,(H,12,16)(H,14,15). The van der Waals surface area contributed by atoms with E-state index >= 15 is 0 Å². The van der Waals surface area contributed by atoms with Crippen molar-refractivity contribution in [1.82, 2.24) is 10.2 Å². The fourth-order valence-corrected chi connectivity index (χ4v) is 1.14. The molecule has 0 aliphatic heterocycles. The molecule has 0 saturated carbocycles. The number of rotatable bonds is 7. The maximum absolute atomic E-state index is 11.4. The fourth-order valence-electron chi connectivity index (χ4n) is 1.14. The smallest absolute Gasteiger partial charge is 0.317 e. The van der Waals surface area contributed by atoms with E-state index in [0.29, 0.717) is 19.5 Å². The van der Waals surface area contributed by atoms with Gasteiger partial charge < -0.3 is 15.3 Å². The highest BCUT2D eigenvalue weighted by atomic mass is 16.4. The van der Waals surface area contributed by atoms with Gasteiger partial charge in [-0.25, -0.2) is 4.79 Å². The lowest BCUT2D eigenvalue weighted by Crippen LogP contribution is -2.39.